The molecular weight excluding hydrogens is 290 g/mol. The van der Waals surface area contributed by atoms with Crippen molar-refractivity contribution >= 4 is 23.6 Å². The summed E-state index contributed by atoms with van der Waals surface area (Å²) in [6, 6.07) is 5.16. The number of aryl methyl sites for hydroxylation is 2. The van der Waals surface area contributed by atoms with Gasteiger partial charge in [0.2, 0.25) is 5.91 Å². The van der Waals surface area contributed by atoms with Gasteiger partial charge in [0.1, 0.15) is 11.8 Å². The second-order valence-corrected chi connectivity index (χ2v) is 5.99. The smallest absolute Gasteiger partial charge is 0.327 e. The maximum Gasteiger partial charge on any atom is 0.327 e. The van der Waals surface area contributed by atoms with E-state index in [0.717, 1.165) is 16.9 Å². The Hall–Kier alpha value is -1.69. The summed E-state index contributed by atoms with van der Waals surface area (Å²) in [4.78, 5) is 21.8. The average Bonchev–Trinajstić information content (AvgIpc) is 2.35. The Morgan fingerprint density at radius 1 is 1.29 bits per heavy atom. The molecule has 0 aliphatic rings. The summed E-state index contributed by atoms with van der Waals surface area (Å²) in [5.74, 6) is 0.453. The van der Waals surface area contributed by atoms with E-state index >= 15 is 0 Å². The van der Waals surface area contributed by atoms with Gasteiger partial charge in [-0.2, -0.15) is 11.8 Å². The molecular formula is C15H21NO4S. The van der Waals surface area contributed by atoms with Crippen LogP contribution in [0.5, 0.6) is 5.75 Å². The number of aliphatic carboxylic acids is 1. The zero-order chi connectivity index (χ0) is 15.8. The van der Waals surface area contributed by atoms with Gasteiger partial charge in [-0.1, -0.05) is 6.07 Å². The molecule has 0 aromatic heterocycles. The highest BCUT2D eigenvalue weighted by Gasteiger charge is 2.17. The van der Waals surface area contributed by atoms with Gasteiger partial charge >= 0.3 is 5.97 Å². The average molecular weight is 311 g/mol. The number of hydrogen-bond donors (Lipinski definition) is 2. The number of ether oxygens (including phenoxy) is 1. The highest BCUT2D eigenvalue weighted by molar-refractivity contribution is 7.99. The number of nitrogens with one attached hydrogen (secondary N) is 1. The molecule has 2 N–H and O–H groups in total. The fourth-order valence-corrected chi connectivity index (χ4v) is 2.69. The standard InChI is InChI=1S/C15H21NO4S/c1-10-6-11(2)8-13(7-10)20-4-5-21-9-14(15(18)19)16-12(3)17/h6-8,14H,4-5,9H2,1-3H3,(H,16,17)(H,18,19)/t14-/m0/s1. The van der Waals surface area contributed by atoms with Crippen LogP contribution >= 0.6 is 11.8 Å². The molecule has 0 aliphatic carbocycles. The minimum Gasteiger partial charge on any atom is -0.493 e. The minimum absolute atomic E-state index is 0.325. The molecule has 0 aliphatic heterocycles. The van der Waals surface area contributed by atoms with Crippen LogP contribution in [0.4, 0.5) is 0 Å². The lowest BCUT2D eigenvalue weighted by Crippen LogP contribution is -2.41. The van der Waals surface area contributed by atoms with Crippen LogP contribution in [0.15, 0.2) is 18.2 Å². The Bertz CT molecular complexity index is 484. The predicted octanol–water partition coefficient (Wildman–Crippen LogP) is 2.00. The van der Waals surface area contributed by atoms with E-state index < -0.39 is 12.0 Å². The fraction of sp³-hybridized carbons (Fsp3) is 0.467. The predicted molar refractivity (Wildman–Crippen MR) is 84.0 cm³/mol. The van der Waals surface area contributed by atoms with Crippen LogP contribution in [0.1, 0.15) is 18.1 Å². The quantitative estimate of drug-likeness (QED) is 0.718. The Labute approximate surface area is 129 Å². The molecule has 0 radical (unpaired) electrons. The molecule has 0 bridgehead atoms. The number of carboxylic acid groups (broad SMARTS) is 1. The second-order valence-electron chi connectivity index (χ2n) is 4.84. The van der Waals surface area contributed by atoms with Crippen molar-refractivity contribution in [3.63, 3.8) is 0 Å². The van der Waals surface area contributed by atoms with Crippen molar-refractivity contribution < 1.29 is 19.4 Å². The van der Waals surface area contributed by atoms with Crippen LogP contribution in [0.3, 0.4) is 0 Å². The fourth-order valence-electron chi connectivity index (χ4n) is 1.86. The van der Waals surface area contributed by atoms with E-state index in [-0.39, 0.29) is 5.91 Å². The Balaban J connectivity index is 2.30. The monoisotopic (exact) mass is 311 g/mol. The van der Waals surface area contributed by atoms with E-state index in [2.05, 4.69) is 11.4 Å². The number of rotatable bonds is 8. The van der Waals surface area contributed by atoms with Crippen molar-refractivity contribution in [1.82, 2.24) is 5.32 Å². The summed E-state index contributed by atoms with van der Waals surface area (Å²) in [7, 11) is 0. The van der Waals surface area contributed by atoms with E-state index in [1.54, 1.807) is 0 Å². The molecule has 0 fully saturated rings. The molecule has 0 saturated heterocycles. The molecule has 21 heavy (non-hydrogen) atoms. The largest absolute Gasteiger partial charge is 0.493 e. The van der Waals surface area contributed by atoms with Gasteiger partial charge in [-0.15, -0.1) is 0 Å². The summed E-state index contributed by atoms with van der Waals surface area (Å²) in [6.07, 6.45) is 0. The van der Waals surface area contributed by atoms with Crippen molar-refractivity contribution in [1.29, 1.82) is 0 Å². The number of hydrogen-bond acceptors (Lipinski definition) is 4. The Morgan fingerprint density at radius 3 is 2.43 bits per heavy atom. The first kappa shape index (κ1) is 17.4. The third-order valence-electron chi connectivity index (χ3n) is 2.65. The van der Waals surface area contributed by atoms with Crippen LogP contribution < -0.4 is 10.1 Å². The van der Waals surface area contributed by atoms with Crippen LogP contribution in [0, 0.1) is 13.8 Å². The molecule has 6 heteroatoms. The zero-order valence-corrected chi connectivity index (χ0v) is 13.3. The van der Waals surface area contributed by atoms with Gasteiger partial charge < -0.3 is 15.2 Å². The van der Waals surface area contributed by atoms with Crippen molar-refractivity contribution in [3.8, 4) is 5.75 Å². The first-order chi connectivity index (χ1) is 9.88. The summed E-state index contributed by atoms with van der Waals surface area (Å²) in [6.45, 7) is 5.84. The first-order valence-corrected chi connectivity index (χ1v) is 7.82. The molecule has 5 nitrogen and oxygen atoms in total. The van der Waals surface area contributed by atoms with Gasteiger partial charge in [-0.25, -0.2) is 4.79 Å². The van der Waals surface area contributed by atoms with Crippen LogP contribution in [-0.4, -0.2) is 41.1 Å². The molecule has 0 unspecified atom stereocenters. The Kier molecular flexibility index (Phi) is 7.08. The summed E-state index contributed by atoms with van der Waals surface area (Å²) < 4.78 is 5.64. The van der Waals surface area contributed by atoms with E-state index in [1.807, 2.05) is 26.0 Å². The number of carboxylic acids is 1. The van der Waals surface area contributed by atoms with Crippen molar-refractivity contribution in [2.75, 3.05) is 18.1 Å². The summed E-state index contributed by atoms with van der Waals surface area (Å²) in [5, 5.41) is 11.4. The van der Waals surface area contributed by atoms with E-state index in [0.29, 0.717) is 18.1 Å². The highest BCUT2D eigenvalue weighted by atomic mass is 32.2. The molecule has 1 aromatic carbocycles. The third kappa shape index (κ3) is 7.04. The van der Waals surface area contributed by atoms with E-state index in [1.165, 1.54) is 18.7 Å². The van der Waals surface area contributed by atoms with Gasteiger partial charge in [-0.05, 0) is 37.1 Å². The molecule has 1 atom stereocenters. The second kappa shape index (κ2) is 8.56. The van der Waals surface area contributed by atoms with Gasteiger partial charge in [0.15, 0.2) is 0 Å². The number of amides is 1. The van der Waals surface area contributed by atoms with Gasteiger partial charge in [0, 0.05) is 18.4 Å². The van der Waals surface area contributed by atoms with Crippen molar-refractivity contribution in [2.24, 2.45) is 0 Å². The summed E-state index contributed by atoms with van der Waals surface area (Å²) in [5.41, 5.74) is 2.29. The first-order valence-electron chi connectivity index (χ1n) is 6.67. The maximum atomic E-state index is 10.9. The Morgan fingerprint density at radius 2 is 1.90 bits per heavy atom. The number of carbonyl (C=O) groups excluding carboxylic acids is 1. The van der Waals surface area contributed by atoms with Crippen molar-refractivity contribution in [2.45, 2.75) is 26.8 Å². The lowest BCUT2D eigenvalue weighted by Gasteiger charge is -2.13. The lowest BCUT2D eigenvalue weighted by atomic mass is 10.1. The van der Waals surface area contributed by atoms with E-state index in [4.69, 9.17) is 9.84 Å². The van der Waals surface area contributed by atoms with Crippen molar-refractivity contribution in [3.05, 3.63) is 29.3 Å². The highest BCUT2D eigenvalue weighted by Crippen LogP contribution is 2.16. The van der Waals surface area contributed by atoms with E-state index in [9.17, 15) is 9.59 Å². The molecule has 1 amide bonds. The normalized spacial score (nSPS) is 11.8. The molecule has 116 valence electrons. The third-order valence-corrected chi connectivity index (χ3v) is 3.68. The number of thioether (sulfide) groups is 1. The SMILES string of the molecule is CC(=O)N[C@@H](CSCCOc1cc(C)cc(C)c1)C(=O)O. The topological polar surface area (TPSA) is 75.6 Å². The van der Waals surface area contributed by atoms with Crippen LogP contribution in [0.25, 0.3) is 0 Å². The van der Waals surface area contributed by atoms with Gasteiger partial charge in [0.25, 0.3) is 0 Å². The molecule has 1 rings (SSSR count). The minimum atomic E-state index is -1.02. The summed E-state index contributed by atoms with van der Waals surface area (Å²) >= 11 is 1.44. The van der Waals surface area contributed by atoms with Gasteiger partial charge in [-0.3, -0.25) is 4.79 Å². The van der Waals surface area contributed by atoms with Gasteiger partial charge in [0.05, 0.1) is 6.61 Å². The maximum absolute atomic E-state index is 10.9. The molecule has 0 spiro atoms. The zero-order valence-electron chi connectivity index (χ0n) is 12.5. The number of carbonyl (C=O) groups is 2. The molecule has 0 saturated carbocycles. The number of benzene rings is 1. The van der Waals surface area contributed by atoms with Crippen LogP contribution in [-0.2, 0) is 9.59 Å². The molecule has 0 heterocycles. The molecule has 1 aromatic rings. The van der Waals surface area contributed by atoms with Crippen LogP contribution in [0.2, 0.25) is 0 Å². The lowest BCUT2D eigenvalue weighted by molar-refractivity contribution is -0.140.